The molecule has 6 heterocycles. The Morgan fingerprint density at radius 2 is 1.44 bits per heavy atom. The summed E-state index contributed by atoms with van der Waals surface area (Å²) in [6.45, 7) is 11.2. The zero-order valence-electron chi connectivity index (χ0n) is 33.3. The minimum absolute atomic E-state index is 0.0470. The van der Waals surface area contributed by atoms with Gasteiger partial charge in [0.15, 0.2) is 24.7 Å². The Morgan fingerprint density at radius 3 is 2.18 bits per heavy atom. The van der Waals surface area contributed by atoms with Crippen molar-refractivity contribution in [2.45, 2.75) is 184 Å². The summed E-state index contributed by atoms with van der Waals surface area (Å²) in [6, 6.07) is 0. The second kappa shape index (κ2) is 14.5. The number of ether oxygens (including phenoxy) is 11. The fourth-order valence-corrected chi connectivity index (χ4v) is 12.1. The van der Waals surface area contributed by atoms with E-state index >= 15 is 0 Å². The normalized spacial score (nSPS) is 54.6. The van der Waals surface area contributed by atoms with Gasteiger partial charge in [-0.1, -0.05) is 18.6 Å². The van der Waals surface area contributed by atoms with Crippen LogP contribution in [0.25, 0.3) is 0 Å². The van der Waals surface area contributed by atoms with Gasteiger partial charge in [0.1, 0.15) is 30.2 Å². The molecule has 0 radical (unpaired) electrons. The molecule has 6 saturated heterocycles. The predicted molar refractivity (Wildman–Crippen MR) is 192 cm³/mol. The molecule has 310 valence electrons. The van der Waals surface area contributed by atoms with Crippen molar-refractivity contribution in [1.29, 1.82) is 0 Å². The third kappa shape index (κ3) is 6.40. The highest BCUT2D eigenvalue weighted by atomic mass is 16.7. The first kappa shape index (κ1) is 39.2. The lowest BCUT2D eigenvalue weighted by Gasteiger charge is -2.53. The Morgan fingerprint density at radius 1 is 0.764 bits per heavy atom. The number of methoxy groups -OCH3 is 2. The number of aliphatic hydroxyl groups is 3. The molecule has 1 saturated carbocycles. The molecule has 0 aromatic carbocycles. The van der Waals surface area contributed by atoms with E-state index in [1.54, 1.807) is 21.1 Å². The van der Waals surface area contributed by atoms with E-state index in [-0.39, 0.29) is 35.4 Å². The monoisotopic (exact) mass is 778 g/mol. The van der Waals surface area contributed by atoms with Gasteiger partial charge in [0.2, 0.25) is 0 Å². The van der Waals surface area contributed by atoms with E-state index < -0.39 is 85.7 Å². The van der Waals surface area contributed by atoms with Crippen LogP contribution in [0.4, 0.5) is 0 Å². The van der Waals surface area contributed by atoms with Crippen LogP contribution in [-0.2, 0) is 52.1 Å². The van der Waals surface area contributed by atoms with Crippen molar-refractivity contribution >= 4 is 0 Å². The number of aliphatic hydroxyl groups excluding tert-OH is 3. The molecule has 14 heteroatoms. The molecule has 0 bridgehead atoms. The third-order valence-corrected chi connectivity index (χ3v) is 15.0. The van der Waals surface area contributed by atoms with Crippen molar-refractivity contribution in [3.63, 3.8) is 0 Å². The SMILES string of the molecule is CO[C@H]1C[C@H](O[C@@H]2CC3=CCC4=C5O[C@@H]6CO[C@]7(C)OC[C@@]5(CC[C@@H]4[C@@]3(C)C[C@H]2O)[C@H]67)O[C@H](C)[C@H]1O[C@H]1C[C@H](O)[C@H](O[C@H]2C[C@@H](OC)[C@@H](O)[C@H](C)O2)[C@@H](C)O1. The Labute approximate surface area is 324 Å². The summed E-state index contributed by atoms with van der Waals surface area (Å²) >= 11 is 0. The number of hydrogen-bond acceptors (Lipinski definition) is 14. The molecule has 3 aliphatic carbocycles. The summed E-state index contributed by atoms with van der Waals surface area (Å²) < 4.78 is 68.2. The summed E-state index contributed by atoms with van der Waals surface area (Å²) in [4.78, 5) is 0. The van der Waals surface area contributed by atoms with Crippen molar-refractivity contribution in [3.05, 3.63) is 23.0 Å². The molecular formula is C41H62O14. The lowest BCUT2D eigenvalue weighted by atomic mass is 9.52. The van der Waals surface area contributed by atoms with Crippen LogP contribution >= 0.6 is 0 Å². The van der Waals surface area contributed by atoms with Crippen molar-refractivity contribution in [3.8, 4) is 0 Å². The molecule has 1 spiro atoms. The first-order chi connectivity index (χ1) is 26.3. The van der Waals surface area contributed by atoms with E-state index in [0.29, 0.717) is 44.8 Å². The van der Waals surface area contributed by atoms with Crippen LogP contribution < -0.4 is 0 Å². The molecule has 14 nitrogen and oxygen atoms in total. The summed E-state index contributed by atoms with van der Waals surface area (Å²) in [5.74, 6) is 1.14. The molecule has 0 aromatic rings. The molecule has 9 aliphatic rings. The van der Waals surface area contributed by atoms with E-state index in [4.69, 9.17) is 52.1 Å². The fourth-order valence-electron chi connectivity index (χ4n) is 12.1. The van der Waals surface area contributed by atoms with Crippen molar-refractivity contribution in [1.82, 2.24) is 0 Å². The van der Waals surface area contributed by atoms with Crippen LogP contribution in [0.2, 0.25) is 0 Å². The number of rotatable bonds is 8. The molecule has 9 rings (SSSR count). The standard InChI is InChI=1S/C41H62O14/c1-19-34(44)28(45-6)14-33(49-19)54-35-20(2)50-31(13-25(35)42)55-36-21(3)51-32(15-29(36)46-7)52-27-12-22-8-9-23-24(39(22,4)16-26(27)43)10-11-41-18-48-40(5)37(41)30(17-47-40)53-38(23)41/h8,19-21,24-37,42-44H,9-18H2,1-7H3/t19-,20+,21+,24-,25-,26+,27+,28+,29-,30+,31-,32-,33-,34-,35+,36+,37+,39-,40+,41-/m0/s1. The molecule has 7 fully saturated rings. The highest BCUT2D eigenvalue weighted by molar-refractivity contribution is 5.40. The summed E-state index contributed by atoms with van der Waals surface area (Å²) in [5.41, 5.74) is 2.46. The van der Waals surface area contributed by atoms with Gasteiger partial charge in [-0.3, -0.25) is 0 Å². The van der Waals surface area contributed by atoms with Crippen LogP contribution in [-0.4, -0.2) is 141 Å². The van der Waals surface area contributed by atoms with E-state index in [2.05, 4.69) is 19.9 Å². The molecular weight excluding hydrogens is 716 g/mol. The van der Waals surface area contributed by atoms with E-state index in [1.807, 2.05) is 13.8 Å². The van der Waals surface area contributed by atoms with Crippen LogP contribution in [0.15, 0.2) is 23.0 Å². The topological polar surface area (TPSA) is 162 Å². The summed E-state index contributed by atoms with van der Waals surface area (Å²) in [6.07, 6.45) is -0.465. The Kier molecular flexibility index (Phi) is 10.3. The van der Waals surface area contributed by atoms with Gasteiger partial charge in [-0.05, 0) is 76.7 Å². The Hall–Kier alpha value is -1.24. The van der Waals surface area contributed by atoms with Crippen LogP contribution in [0.1, 0.15) is 86.0 Å². The van der Waals surface area contributed by atoms with Crippen LogP contribution in [0.5, 0.6) is 0 Å². The molecule has 20 atom stereocenters. The summed E-state index contributed by atoms with van der Waals surface area (Å²) in [7, 11) is 3.20. The lowest BCUT2D eigenvalue weighted by molar-refractivity contribution is -0.338. The minimum Gasteiger partial charge on any atom is -0.491 e. The Balaban J connectivity index is 0.814. The van der Waals surface area contributed by atoms with E-state index in [0.717, 1.165) is 25.0 Å². The third-order valence-electron chi connectivity index (χ3n) is 15.0. The highest BCUT2D eigenvalue weighted by Gasteiger charge is 2.72. The number of fused-ring (bicyclic) bond motifs is 3. The van der Waals surface area contributed by atoms with Gasteiger partial charge in [0.25, 0.3) is 0 Å². The molecule has 3 N–H and O–H groups in total. The zero-order chi connectivity index (χ0) is 38.6. The smallest absolute Gasteiger partial charge is 0.173 e. The average molecular weight is 779 g/mol. The van der Waals surface area contributed by atoms with Gasteiger partial charge < -0.3 is 67.4 Å². The predicted octanol–water partition coefficient (Wildman–Crippen LogP) is 3.23. The summed E-state index contributed by atoms with van der Waals surface area (Å²) in [5, 5.41) is 33.2. The first-order valence-electron chi connectivity index (χ1n) is 20.7. The first-order valence-corrected chi connectivity index (χ1v) is 20.7. The minimum atomic E-state index is -0.876. The van der Waals surface area contributed by atoms with Gasteiger partial charge in [-0.15, -0.1) is 0 Å². The molecule has 6 aliphatic heterocycles. The number of allylic oxidation sites excluding steroid dienone is 2. The molecule has 55 heavy (non-hydrogen) atoms. The molecule has 0 aromatic heterocycles. The van der Waals surface area contributed by atoms with E-state index in [1.165, 1.54) is 11.1 Å². The second-order valence-electron chi connectivity index (χ2n) is 18.2. The fraction of sp³-hybridized carbons (Fsp3) is 0.902. The van der Waals surface area contributed by atoms with Gasteiger partial charge in [-0.25, -0.2) is 0 Å². The van der Waals surface area contributed by atoms with Crippen molar-refractivity contribution in [2.75, 3.05) is 27.4 Å². The number of hydrogen-bond donors (Lipinski definition) is 3. The van der Waals surface area contributed by atoms with Crippen molar-refractivity contribution in [2.24, 2.45) is 22.7 Å². The average Bonchev–Trinajstić information content (AvgIpc) is 3.78. The highest BCUT2D eigenvalue weighted by Crippen LogP contribution is 2.69. The molecule has 0 amide bonds. The van der Waals surface area contributed by atoms with Gasteiger partial charge in [-0.2, -0.15) is 0 Å². The maximum absolute atomic E-state index is 11.7. The maximum atomic E-state index is 11.7. The Bertz CT molecular complexity index is 1490. The quantitative estimate of drug-likeness (QED) is 0.308. The van der Waals surface area contributed by atoms with E-state index in [9.17, 15) is 15.3 Å². The zero-order valence-corrected chi connectivity index (χ0v) is 33.3. The second-order valence-corrected chi connectivity index (χ2v) is 18.2. The van der Waals surface area contributed by atoms with Gasteiger partial charge >= 0.3 is 0 Å². The largest absolute Gasteiger partial charge is 0.491 e. The maximum Gasteiger partial charge on any atom is 0.173 e. The van der Waals surface area contributed by atoms with Gasteiger partial charge in [0, 0.05) is 33.5 Å². The van der Waals surface area contributed by atoms with Gasteiger partial charge in [0.05, 0.1) is 73.4 Å². The molecule has 0 unspecified atom stereocenters. The van der Waals surface area contributed by atoms with Crippen LogP contribution in [0, 0.1) is 22.7 Å². The van der Waals surface area contributed by atoms with Crippen molar-refractivity contribution < 1.29 is 67.4 Å². The lowest BCUT2D eigenvalue weighted by Crippen LogP contribution is -2.57. The van der Waals surface area contributed by atoms with Crippen LogP contribution in [0.3, 0.4) is 0 Å².